The quantitative estimate of drug-likeness (QED) is 0.564. The number of rotatable bonds is 7. The van der Waals surface area contributed by atoms with E-state index < -0.39 is 0 Å². The van der Waals surface area contributed by atoms with Crippen LogP contribution in [0.4, 0.5) is 10.9 Å². The monoisotopic (exact) mass is 456 g/mol. The number of aryl methyl sites for hydroxylation is 1. The van der Waals surface area contributed by atoms with Crippen LogP contribution in [0.5, 0.6) is 0 Å². The highest BCUT2D eigenvalue weighted by Crippen LogP contribution is 2.34. The Bertz CT molecular complexity index is 1080. The lowest BCUT2D eigenvalue weighted by atomic mass is 10.1. The fraction of sp³-hybridized carbons (Fsp3) is 0.522. The number of hydrogen-bond donors (Lipinski definition) is 2. The molecular weight excluding hydrogens is 424 g/mol. The van der Waals surface area contributed by atoms with Gasteiger partial charge >= 0.3 is 0 Å². The number of likely N-dealkylation sites (N-methyl/N-ethyl adjacent to an activating group) is 1. The lowest BCUT2D eigenvalue weighted by Gasteiger charge is -2.22. The first-order valence-corrected chi connectivity index (χ1v) is 11.9. The summed E-state index contributed by atoms with van der Waals surface area (Å²) < 4.78 is 7.42. The normalized spacial score (nSPS) is 16.5. The minimum absolute atomic E-state index is 0.0378. The number of benzene rings is 1. The lowest BCUT2D eigenvalue weighted by Crippen LogP contribution is -2.38. The summed E-state index contributed by atoms with van der Waals surface area (Å²) in [6, 6.07) is 8.35. The molecule has 1 aliphatic rings. The van der Waals surface area contributed by atoms with Gasteiger partial charge in [-0.3, -0.25) is 4.79 Å². The number of ether oxygens (including phenoxy) is 1. The molecule has 0 bridgehead atoms. The van der Waals surface area contributed by atoms with Crippen molar-refractivity contribution in [1.82, 2.24) is 19.9 Å². The van der Waals surface area contributed by atoms with Gasteiger partial charge in [0.25, 0.3) is 0 Å². The average molecular weight is 457 g/mol. The number of amides is 1. The maximum Gasteiger partial charge on any atom is 0.239 e. The zero-order valence-corrected chi connectivity index (χ0v) is 20.3. The van der Waals surface area contributed by atoms with Crippen LogP contribution in [0.2, 0.25) is 0 Å². The van der Waals surface area contributed by atoms with Crippen molar-refractivity contribution in [3.63, 3.8) is 0 Å². The molecule has 4 rings (SSSR count). The van der Waals surface area contributed by atoms with E-state index >= 15 is 0 Å². The third-order valence-electron chi connectivity index (χ3n) is 5.27. The van der Waals surface area contributed by atoms with Gasteiger partial charge in [-0.2, -0.15) is 4.52 Å². The van der Waals surface area contributed by atoms with Gasteiger partial charge < -0.3 is 20.3 Å². The third-order valence-corrected chi connectivity index (χ3v) is 6.29. The fourth-order valence-corrected chi connectivity index (χ4v) is 4.51. The van der Waals surface area contributed by atoms with E-state index in [1.807, 2.05) is 16.5 Å². The number of hydrogen-bond acceptors (Lipinski definition) is 7. The standard InChI is InChI=1S/C23H32N6O2S/c1-15-8-10-16(11-9-15)19-20(26-23(2,3)4)29-21(25-19)32-22(27-29)28(5)14-18(30)24-13-17-7-6-12-31-17/h8-11,17,26H,6-7,12-14H2,1-5H3,(H,24,30)/t17-/m0/s1. The maximum absolute atomic E-state index is 12.4. The molecule has 32 heavy (non-hydrogen) atoms. The van der Waals surface area contributed by atoms with Crippen LogP contribution in [-0.2, 0) is 9.53 Å². The second-order valence-electron chi connectivity index (χ2n) is 9.42. The number of fused-ring (bicyclic) bond motifs is 1. The Kier molecular flexibility index (Phi) is 6.39. The molecule has 0 spiro atoms. The number of carbonyl (C=O) groups is 1. The first-order valence-electron chi connectivity index (χ1n) is 11.0. The van der Waals surface area contributed by atoms with E-state index in [2.05, 4.69) is 62.6 Å². The number of carbonyl (C=O) groups excluding carboxylic acids is 1. The zero-order valence-electron chi connectivity index (χ0n) is 19.4. The van der Waals surface area contributed by atoms with Crippen molar-refractivity contribution < 1.29 is 9.53 Å². The molecule has 1 fully saturated rings. The van der Waals surface area contributed by atoms with E-state index in [0.717, 1.165) is 46.6 Å². The molecule has 0 radical (unpaired) electrons. The molecule has 2 N–H and O–H groups in total. The number of aromatic nitrogens is 3. The first-order chi connectivity index (χ1) is 15.2. The van der Waals surface area contributed by atoms with Gasteiger partial charge in [0.1, 0.15) is 5.69 Å². The Morgan fingerprint density at radius 2 is 2.06 bits per heavy atom. The van der Waals surface area contributed by atoms with Crippen molar-refractivity contribution in [2.24, 2.45) is 0 Å². The Morgan fingerprint density at radius 1 is 1.31 bits per heavy atom. The highest BCUT2D eigenvalue weighted by Gasteiger charge is 2.23. The highest BCUT2D eigenvalue weighted by molar-refractivity contribution is 7.20. The average Bonchev–Trinajstić information content (AvgIpc) is 3.44. The molecule has 3 heterocycles. The third kappa shape index (κ3) is 5.21. The van der Waals surface area contributed by atoms with Gasteiger partial charge in [-0.1, -0.05) is 41.2 Å². The molecule has 1 atom stereocenters. The summed E-state index contributed by atoms with van der Waals surface area (Å²) in [6.45, 7) is 10.00. The van der Waals surface area contributed by atoms with Crippen molar-refractivity contribution in [3.8, 4) is 11.3 Å². The fourth-order valence-electron chi connectivity index (χ4n) is 3.64. The molecule has 8 nitrogen and oxygen atoms in total. The van der Waals surface area contributed by atoms with E-state index in [0.29, 0.717) is 6.54 Å². The summed E-state index contributed by atoms with van der Waals surface area (Å²) in [5.41, 5.74) is 2.97. The predicted molar refractivity (Wildman–Crippen MR) is 130 cm³/mol. The Balaban J connectivity index is 1.54. The largest absolute Gasteiger partial charge is 0.376 e. The summed E-state index contributed by atoms with van der Waals surface area (Å²) in [4.78, 5) is 19.9. The second kappa shape index (κ2) is 9.07. The minimum atomic E-state index is -0.159. The van der Waals surface area contributed by atoms with Crippen molar-refractivity contribution in [1.29, 1.82) is 0 Å². The summed E-state index contributed by atoms with van der Waals surface area (Å²) in [6.07, 6.45) is 2.21. The Labute approximate surface area is 193 Å². The van der Waals surface area contributed by atoms with E-state index in [9.17, 15) is 4.79 Å². The highest BCUT2D eigenvalue weighted by atomic mass is 32.1. The van der Waals surface area contributed by atoms with E-state index in [4.69, 9.17) is 14.8 Å². The SMILES string of the molecule is Cc1ccc(-c2nc3sc(N(C)CC(=O)NC[C@@H]4CCCO4)nn3c2NC(C)(C)C)cc1. The number of nitrogens with zero attached hydrogens (tertiary/aromatic N) is 4. The smallest absolute Gasteiger partial charge is 0.239 e. The van der Waals surface area contributed by atoms with Gasteiger partial charge in [0.2, 0.25) is 16.0 Å². The number of nitrogens with one attached hydrogen (secondary N) is 2. The van der Waals surface area contributed by atoms with Crippen molar-refractivity contribution in [2.45, 2.75) is 52.2 Å². The maximum atomic E-state index is 12.4. The van der Waals surface area contributed by atoms with Gasteiger partial charge in [-0.05, 0) is 40.5 Å². The Morgan fingerprint density at radius 3 is 2.72 bits per heavy atom. The van der Waals surface area contributed by atoms with Crippen LogP contribution in [0.1, 0.15) is 39.2 Å². The van der Waals surface area contributed by atoms with Crippen LogP contribution in [0.25, 0.3) is 16.2 Å². The first kappa shape index (κ1) is 22.5. The van der Waals surface area contributed by atoms with E-state index in [1.165, 1.54) is 16.9 Å². The van der Waals surface area contributed by atoms with Crippen LogP contribution >= 0.6 is 11.3 Å². The molecule has 2 aromatic heterocycles. The predicted octanol–water partition coefficient (Wildman–Crippen LogP) is 3.71. The molecule has 0 aliphatic carbocycles. The molecule has 1 aromatic carbocycles. The molecule has 9 heteroatoms. The van der Waals surface area contributed by atoms with E-state index in [1.54, 1.807) is 0 Å². The molecule has 0 saturated carbocycles. The van der Waals surface area contributed by atoms with Crippen LogP contribution in [0, 0.1) is 6.92 Å². The van der Waals surface area contributed by atoms with Crippen molar-refractivity contribution >= 4 is 33.2 Å². The van der Waals surface area contributed by atoms with Gasteiger partial charge in [0, 0.05) is 31.3 Å². The minimum Gasteiger partial charge on any atom is -0.376 e. The van der Waals surface area contributed by atoms with E-state index in [-0.39, 0.29) is 24.1 Å². The topological polar surface area (TPSA) is 83.8 Å². The van der Waals surface area contributed by atoms with Crippen LogP contribution < -0.4 is 15.5 Å². The molecular formula is C23H32N6O2S. The second-order valence-corrected chi connectivity index (χ2v) is 10.4. The van der Waals surface area contributed by atoms with Gasteiger partial charge in [-0.25, -0.2) is 4.98 Å². The lowest BCUT2D eigenvalue weighted by molar-refractivity contribution is -0.120. The molecule has 172 valence electrons. The summed E-state index contributed by atoms with van der Waals surface area (Å²) in [5.74, 6) is 0.819. The Hall–Kier alpha value is -2.65. The summed E-state index contributed by atoms with van der Waals surface area (Å²) in [7, 11) is 1.88. The number of anilines is 2. The molecule has 1 amide bonds. The van der Waals surface area contributed by atoms with Gasteiger partial charge in [0.15, 0.2) is 5.82 Å². The molecule has 3 aromatic rings. The van der Waals surface area contributed by atoms with Gasteiger partial charge in [-0.15, -0.1) is 5.10 Å². The van der Waals surface area contributed by atoms with Crippen LogP contribution in [0.15, 0.2) is 24.3 Å². The van der Waals surface area contributed by atoms with Crippen molar-refractivity contribution in [2.75, 3.05) is 37.0 Å². The van der Waals surface area contributed by atoms with Crippen LogP contribution in [0.3, 0.4) is 0 Å². The van der Waals surface area contributed by atoms with Gasteiger partial charge in [0.05, 0.1) is 12.6 Å². The molecule has 1 aliphatic heterocycles. The summed E-state index contributed by atoms with van der Waals surface area (Å²) >= 11 is 1.47. The number of imidazole rings is 1. The molecule has 1 saturated heterocycles. The molecule has 0 unspecified atom stereocenters. The van der Waals surface area contributed by atoms with Crippen LogP contribution in [-0.4, -0.2) is 58.9 Å². The van der Waals surface area contributed by atoms with Crippen molar-refractivity contribution in [3.05, 3.63) is 29.8 Å². The summed E-state index contributed by atoms with van der Waals surface area (Å²) in [5, 5.41) is 12.1. The zero-order chi connectivity index (χ0) is 22.9.